The smallest absolute Gasteiger partial charge is 0.147 e. The number of halogens is 1. The van der Waals surface area contributed by atoms with Crippen LogP contribution in [0.15, 0.2) is 41.9 Å². The quantitative estimate of drug-likeness (QED) is 0.662. The summed E-state index contributed by atoms with van der Waals surface area (Å²) in [6, 6.07) is 9.87. The van der Waals surface area contributed by atoms with Gasteiger partial charge in [0, 0.05) is 17.0 Å². The first-order valence-electron chi connectivity index (χ1n) is 6.28. The topological polar surface area (TPSA) is 35.0 Å². The van der Waals surface area contributed by atoms with E-state index in [0.717, 1.165) is 27.4 Å². The van der Waals surface area contributed by atoms with Gasteiger partial charge in [-0.1, -0.05) is 18.2 Å². The van der Waals surface area contributed by atoms with Gasteiger partial charge in [0.05, 0.1) is 11.6 Å². The van der Waals surface area contributed by atoms with Crippen LogP contribution < -0.4 is 4.74 Å². The number of fused-ring (bicyclic) bond motifs is 1. The highest BCUT2D eigenvalue weighted by Crippen LogP contribution is 2.29. The number of nitrogens with zero attached hydrogens (tertiary/aromatic N) is 2. The molecule has 1 atom stereocenters. The van der Waals surface area contributed by atoms with Crippen LogP contribution in [0.3, 0.4) is 0 Å². The third-order valence-corrected chi connectivity index (χ3v) is 4.28. The van der Waals surface area contributed by atoms with Gasteiger partial charge in [0.2, 0.25) is 0 Å². The van der Waals surface area contributed by atoms with Gasteiger partial charge < -0.3 is 4.74 Å². The highest BCUT2D eigenvalue weighted by Gasteiger charge is 2.13. The molecule has 0 spiro atoms. The van der Waals surface area contributed by atoms with Crippen molar-refractivity contribution in [3.8, 4) is 5.75 Å². The number of hydrogen-bond donors (Lipinski definition) is 0. The Kier molecular flexibility index (Phi) is 3.85. The van der Waals surface area contributed by atoms with Gasteiger partial charge in [-0.05, 0) is 19.1 Å². The maximum atomic E-state index is 6.01. The van der Waals surface area contributed by atoms with E-state index in [1.807, 2.05) is 42.6 Å². The summed E-state index contributed by atoms with van der Waals surface area (Å²) in [5, 5.41) is 3.95. The van der Waals surface area contributed by atoms with Gasteiger partial charge in [0.1, 0.15) is 22.4 Å². The lowest BCUT2D eigenvalue weighted by atomic mass is 10.2. The van der Waals surface area contributed by atoms with Gasteiger partial charge in [-0.15, -0.1) is 22.9 Å². The number of para-hydroxylation sites is 1. The minimum atomic E-state index is -0.121. The molecule has 0 radical (unpaired) electrons. The minimum Gasteiger partial charge on any atom is -0.481 e. The number of alkyl halides is 1. The van der Waals surface area contributed by atoms with Crippen LogP contribution >= 0.6 is 22.9 Å². The maximum absolute atomic E-state index is 6.01. The number of benzene rings is 1. The summed E-state index contributed by atoms with van der Waals surface area (Å²) < 4.78 is 6.01. The number of hydrogen-bond acceptors (Lipinski definition) is 4. The second-order valence-electron chi connectivity index (χ2n) is 4.40. The van der Waals surface area contributed by atoms with Crippen molar-refractivity contribution in [2.24, 2.45) is 0 Å². The lowest BCUT2D eigenvalue weighted by Gasteiger charge is -2.13. The van der Waals surface area contributed by atoms with Crippen molar-refractivity contribution in [2.75, 3.05) is 0 Å². The van der Waals surface area contributed by atoms with Gasteiger partial charge in [-0.2, -0.15) is 0 Å². The zero-order chi connectivity index (χ0) is 13.9. The van der Waals surface area contributed by atoms with E-state index < -0.39 is 0 Å². The van der Waals surface area contributed by atoms with Crippen molar-refractivity contribution in [3.63, 3.8) is 0 Å². The zero-order valence-corrected chi connectivity index (χ0v) is 12.5. The largest absolute Gasteiger partial charge is 0.481 e. The van der Waals surface area contributed by atoms with Gasteiger partial charge in [-0.3, -0.25) is 4.98 Å². The molecule has 0 saturated heterocycles. The number of pyridine rings is 1. The van der Waals surface area contributed by atoms with E-state index >= 15 is 0 Å². The van der Waals surface area contributed by atoms with Crippen LogP contribution in [-0.2, 0) is 5.88 Å². The second kappa shape index (κ2) is 5.77. The maximum Gasteiger partial charge on any atom is 0.147 e. The van der Waals surface area contributed by atoms with Gasteiger partial charge in [0.25, 0.3) is 0 Å². The Morgan fingerprint density at radius 1 is 1.30 bits per heavy atom. The summed E-state index contributed by atoms with van der Waals surface area (Å²) >= 11 is 7.34. The Hall–Kier alpha value is -1.65. The van der Waals surface area contributed by atoms with E-state index in [1.54, 1.807) is 17.5 Å². The number of rotatable bonds is 4. The molecule has 0 N–H and O–H groups in total. The Labute approximate surface area is 126 Å². The SMILES string of the molecule is CC(Oc1cccc2cccnc12)c1nc(CCl)cs1. The fourth-order valence-electron chi connectivity index (χ4n) is 1.98. The molecule has 0 saturated carbocycles. The first-order valence-corrected chi connectivity index (χ1v) is 7.70. The van der Waals surface area contributed by atoms with E-state index in [4.69, 9.17) is 16.3 Å². The molecular weight excluding hydrogens is 292 g/mol. The van der Waals surface area contributed by atoms with Gasteiger partial charge in [0.15, 0.2) is 0 Å². The molecule has 0 aliphatic rings. The van der Waals surface area contributed by atoms with Crippen LogP contribution in [0.4, 0.5) is 0 Å². The molecule has 0 aliphatic carbocycles. The van der Waals surface area contributed by atoms with Crippen molar-refractivity contribution in [1.29, 1.82) is 0 Å². The molecule has 102 valence electrons. The second-order valence-corrected chi connectivity index (χ2v) is 5.56. The van der Waals surface area contributed by atoms with E-state index in [2.05, 4.69) is 9.97 Å². The molecule has 3 rings (SSSR count). The average molecular weight is 305 g/mol. The Balaban J connectivity index is 1.89. The molecule has 5 heteroatoms. The molecule has 0 aliphatic heterocycles. The molecule has 0 bridgehead atoms. The fraction of sp³-hybridized carbons (Fsp3) is 0.200. The van der Waals surface area contributed by atoms with Crippen LogP contribution in [0.2, 0.25) is 0 Å². The molecule has 3 aromatic rings. The molecule has 2 aromatic heterocycles. The molecular formula is C15H13ClN2OS. The highest BCUT2D eigenvalue weighted by atomic mass is 35.5. The highest BCUT2D eigenvalue weighted by molar-refractivity contribution is 7.09. The summed E-state index contributed by atoms with van der Waals surface area (Å²) in [6.45, 7) is 1.98. The molecule has 1 unspecified atom stereocenters. The minimum absolute atomic E-state index is 0.121. The molecule has 0 amide bonds. The Morgan fingerprint density at radius 3 is 2.95 bits per heavy atom. The molecule has 3 nitrogen and oxygen atoms in total. The van der Waals surface area contributed by atoms with Crippen molar-refractivity contribution in [2.45, 2.75) is 18.9 Å². The van der Waals surface area contributed by atoms with Crippen LogP contribution in [-0.4, -0.2) is 9.97 Å². The molecule has 1 aromatic carbocycles. The normalized spacial score (nSPS) is 12.5. The lowest BCUT2D eigenvalue weighted by Crippen LogP contribution is -2.03. The molecule has 20 heavy (non-hydrogen) atoms. The van der Waals surface area contributed by atoms with E-state index in [9.17, 15) is 0 Å². The van der Waals surface area contributed by atoms with Crippen LogP contribution in [0.1, 0.15) is 23.7 Å². The number of thiazole rings is 1. The van der Waals surface area contributed by atoms with Gasteiger partial charge >= 0.3 is 0 Å². The third kappa shape index (κ3) is 2.62. The predicted octanol–water partition coefficient (Wildman–Crippen LogP) is 4.57. The summed E-state index contributed by atoms with van der Waals surface area (Å²) in [6.07, 6.45) is 1.65. The Morgan fingerprint density at radius 2 is 2.15 bits per heavy atom. The van der Waals surface area contributed by atoms with Crippen molar-refractivity contribution in [3.05, 3.63) is 52.6 Å². The summed E-state index contributed by atoms with van der Waals surface area (Å²) in [7, 11) is 0. The Bertz CT molecular complexity index is 723. The monoisotopic (exact) mass is 304 g/mol. The predicted molar refractivity (Wildman–Crippen MR) is 82.5 cm³/mol. The number of aromatic nitrogens is 2. The summed E-state index contributed by atoms with van der Waals surface area (Å²) in [4.78, 5) is 8.83. The zero-order valence-electron chi connectivity index (χ0n) is 10.9. The third-order valence-electron chi connectivity index (χ3n) is 2.95. The van der Waals surface area contributed by atoms with E-state index in [1.165, 1.54) is 0 Å². The average Bonchev–Trinajstić information content (AvgIpc) is 2.97. The van der Waals surface area contributed by atoms with Gasteiger partial charge in [-0.25, -0.2) is 4.98 Å². The standard InChI is InChI=1S/C15H13ClN2OS/c1-10(15-18-12(8-16)9-20-15)19-13-6-2-4-11-5-3-7-17-14(11)13/h2-7,9-10H,8H2,1H3. The molecule has 0 fully saturated rings. The fourth-order valence-corrected chi connectivity index (χ4v) is 3.01. The van der Waals surface area contributed by atoms with Crippen molar-refractivity contribution in [1.82, 2.24) is 9.97 Å². The van der Waals surface area contributed by atoms with Crippen LogP contribution in [0.25, 0.3) is 10.9 Å². The first-order chi connectivity index (χ1) is 9.78. The summed E-state index contributed by atoms with van der Waals surface area (Å²) in [5.74, 6) is 1.21. The van der Waals surface area contributed by atoms with E-state index in [0.29, 0.717) is 5.88 Å². The van der Waals surface area contributed by atoms with Crippen LogP contribution in [0.5, 0.6) is 5.75 Å². The molecule has 2 heterocycles. The van der Waals surface area contributed by atoms with Crippen molar-refractivity contribution >= 4 is 33.8 Å². The lowest BCUT2D eigenvalue weighted by molar-refractivity contribution is 0.229. The van der Waals surface area contributed by atoms with Crippen LogP contribution in [0, 0.1) is 0 Å². The number of ether oxygens (including phenoxy) is 1. The van der Waals surface area contributed by atoms with E-state index in [-0.39, 0.29) is 6.10 Å². The summed E-state index contributed by atoms with van der Waals surface area (Å²) in [5.41, 5.74) is 1.76. The first kappa shape index (κ1) is 13.3. The van der Waals surface area contributed by atoms with Crippen molar-refractivity contribution < 1.29 is 4.74 Å².